The first-order chi connectivity index (χ1) is 15.0. The number of rotatable bonds is 7. The quantitative estimate of drug-likeness (QED) is 0.357. The first-order valence-electron chi connectivity index (χ1n) is 9.50. The van der Waals surface area contributed by atoms with Crippen molar-refractivity contribution >= 4 is 35.1 Å². The maximum Gasteiger partial charge on any atom is 0.247 e. The zero-order valence-corrected chi connectivity index (χ0v) is 18.2. The van der Waals surface area contributed by atoms with E-state index in [2.05, 4.69) is 15.5 Å². The molecule has 0 aliphatic rings. The molecule has 2 N–H and O–H groups in total. The van der Waals surface area contributed by atoms with Gasteiger partial charge in [0.05, 0.1) is 4.88 Å². The number of halogens is 1. The van der Waals surface area contributed by atoms with Crippen molar-refractivity contribution in [2.45, 2.75) is 19.6 Å². The first kappa shape index (κ1) is 21.0. The molecular formula is C22H19FN4O2S2. The van der Waals surface area contributed by atoms with Gasteiger partial charge in [-0.15, -0.1) is 11.3 Å². The maximum atomic E-state index is 13.0. The maximum absolute atomic E-state index is 13.0. The highest BCUT2D eigenvalue weighted by molar-refractivity contribution is 7.71. The van der Waals surface area contributed by atoms with Crippen LogP contribution in [0.25, 0.3) is 10.7 Å². The van der Waals surface area contributed by atoms with E-state index in [1.54, 1.807) is 47.9 Å². The standard InChI is InChI=1S/C22H19FN4O2S2/c1-14(27-20(25-26-22(27)30)19-6-3-11-31-19)21(28)24-17-4-2-5-18(12-17)29-13-15-7-9-16(23)10-8-15/h2-12,14H,13H2,1H3,(H,24,28)(H,26,30). The van der Waals surface area contributed by atoms with Crippen molar-refractivity contribution < 1.29 is 13.9 Å². The number of aromatic amines is 1. The Balaban J connectivity index is 1.45. The molecule has 2 aromatic heterocycles. The van der Waals surface area contributed by atoms with Crippen LogP contribution in [0.1, 0.15) is 18.5 Å². The van der Waals surface area contributed by atoms with Gasteiger partial charge in [-0.2, -0.15) is 5.10 Å². The molecule has 2 heterocycles. The molecule has 0 spiro atoms. The lowest BCUT2D eigenvalue weighted by Crippen LogP contribution is -2.24. The summed E-state index contributed by atoms with van der Waals surface area (Å²) in [6.07, 6.45) is 0. The molecule has 0 radical (unpaired) electrons. The average Bonchev–Trinajstić information content (AvgIpc) is 3.43. The van der Waals surface area contributed by atoms with Crippen LogP contribution in [0, 0.1) is 10.6 Å². The average molecular weight is 455 g/mol. The fourth-order valence-electron chi connectivity index (χ4n) is 3.02. The molecular weight excluding hydrogens is 435 g/mol. The Morgan fingerprint density at radius 2 is 2.06 bits per heavy atom. The zero-order valence-electron chi connectivity index (χ0n) is 16.5. The number of carbonyl (C=O) groups excluding carboxylic acids is 1. The van der Waals surface area contributed by atoms with Crippen molar-refractivity contribution in [1.29, 1.82) is 0 Å². The van der Waals surface area contributed by atoms with Crippen LogP contribution in [-0.2, 0) is 11.4 Å². The highest BCUT2D eigenvalue weighted by Gasteiger charge is 2.21. The van der Waals surface area contributed by atoms with Gasteiger partial charge in [0.25, 0.3) is 0 Å². The molecule has 4 rings (SSSR count). The fourth-order valence-corrected chi connectivity index (χ4v) is 4.02. The third-order valence-electron chi connectivity index (χ3n) is 4.63. The lowest BCUT2D eigenvalue weighted by molar-refractivity contribution is -0.118. The van der Waals surface area contributed by atoms with Gasteiger partial charge >= 0.3 is 0 Å². The van der Waals surface area contributed by atoms with E-state index in [-0.39, 0.29) is 11.7 Å². The van der Waals surface area contributed by atoms with Crippen LogP contribution in [0.4, 0.5) is 10.1 Å². The summed E-state index contributed by atoms with van der Waals surface area (Å²) in [6.45, 7) is 2.06. The highest BCUT2D eigenvalue weighted by atomic mass is 32.1. The van der Waals surface area contributed by atoms with E-state index in [1.807, 2.05) is 17.5 Å². The Kier molecular flexibility index (Phi) is 6.24. The molecule has 0 saturated heterocycles. The van der Waals surface area contributed by atoms with Crippen LogP contribution >= 0.6 is 23.6 Å². The molecule has 1 amide bonds. The van der Waals surface area contributed by atoms with Crippen molar-refractivity contribution in [3.05, 3.63) is 82.2 Å². The number of amides is 1. The number of hydrogen-bond donors (Lipinski definition) is 2. The van der Waals surface area contributed by atoms with Crippen molar-refractivity contribution in [3.63, 3.8) is 0 Å². The van der Waals surface area contributed by atoms with Crippen LogP contribution in [0.2, 0.25) is 0 Å². The second-order valence-corrected chi connectivity index (χ2v) is 8.14. The van der Waals surface area contributed by atoms with Gasteiger partial charge in [0, 0.05) is 11.8 Å². The van der Waals surface area contributed by atoms with Gasteiger partial charge in [-0.3, -0.25) is 14.5 Å². The number of hydrogen-bond acceptors (Lipinski definition) is 5. The SMILES string of the molecule is CC(C(=O)Nc1cccc(OCc2ccc(F)cc2)c1)n1c(-c2cccs2)n[nH]c1=S. The molecule has 0 aliphatic heterocycles. The van der Waals surface area contributed by atoms with E-state index in [9.17, 15) is 9.18 Å². The second-order valence-electron chi connectivity index (χ2n) is 6.81. The number of thiophene rings is 1. The minimum atomic E-state index is -0.577. The minimum absolute atomic E-state index is 0.231. The minimum Gasteiger partial charge on any atom is -0.489 e. The number of nitrogens with one attached hydrogen (secondary N) is 2. The number of ether oxygens (including phenoxy) is 1. The summed E-state index contributed by atoms with van der Waals surface area (Å²) in [5.74, 6) is 0.696. The molecule has 0 bridgehead atoms. The smallest absolute Gasteiger partial charge is 0.247 e. The topological polar surface area (TPSA) is 71.9 Å². The summed E-state index contributed by atoms with van der Waals surface area (Å²) in [7, 11) is 0. The van der Waals surface area contributed by atoms with E-state index in [0.29, 0.717) is 28.6 Å². The largest absolute Gasteiger partial charge is 0.489 e. The molecule has 1 atom stereocenters. The third-order valence-corrected chi connectivity index (χ3v) is 5.79. The molecule has 2 aromatic carbocycles. The van der Waals surface area contributed by atoms with Crippen LogP contribution in [0.15, 0.2) is 66.0 Å². The summed E-state index contributed by atoms with van der Waals surface area (Å²) < 4.78 is 20.9. The van der Waals surface area contributed by atoms with E-state index in [1.165, 1.54) is 23.5 Å². The molecule has 158 valence electrons. The van der Waals surface area contributed by atoms with Crippen molar-refractivity contribution in [2.24, 2.45) is 0 Å². The predicted octanol–water partition coefficient (Wildman–Crippen LogP) is 5.59. The molecule has 6 nitrogen and oxygen atoms in total. The Labute approximate surface area is 187 Å². The van der Waals surface area contributed by atoms with Crippen molar-refractivity contribution in [1.82, 2.24) is 14.8 Å². The van der Waals surface area contributed by atoms with Gasteiger partial charge in [-0.1, -0.05) is 24.3 Å². The number of nitrogens with zero attached hydrogens (tertiary/aromatic N) is 2. The molecule has 1 unspecified atom stereocenters. The number of H-pyrrole nitrogens is 1. The molecule has 0 aliphatic carbocycles. The molecule has 9 heteroatoms. The van der Waals surface area contributed by atoms with Gasteiger partial charge < -0.3 is 10.1 Å². The normalized spacial score (nSPS) is 11.8. The van der Waals surface area contributed by atoms with E-state index in [0.717, 1.165) is 10.4 Å². The van der Waals surface area contributed by atoms with E-state index >= 15 is 0 Å². The second kappa shape index (κ2) is 9.23. The van der Waals surface area contributed by atoms with Crippen molar-refractivity contribution in [2.75, 3.05) is 5.32 Å². The van der Waals surface area contributed by atoms with Gasteiger partial charge in [-0.05, 0) is 60.4 Å². The monoisotopic (exact) mass is 454 g/mol. The van der Waals surface area contributed by atoms with Crippen LogP contribution in [0.3, 0.4) is 0 Å². The number of carbonyl (C=O) groups is 1. The summed E-state index contributed by atoms with van der Waals surface area (Å²) >= 11 is 6.87. The zero-order chi connectivity index (χ0) is 21.8. The summed E-state index contributed by atoms with van der Waals surface area (Å²) in [4.78, 5) is 13.8. The first-order valence-corrected chi connectivity index (χ1v) is 10.8. The fraction of sp³-hybridized carbons (Fsp3) is 0.136. The van der Waals surface area contributed by atoms with Gasteiger partial charge in [-0.25, -0.2) is 4.39 Å². The van der Waals surface area contributed by atoms with Crippen molar-refractivity contribution in [3.8, 4) is 16.5 Å². The Morgan fingerprint density at radius 1 is 1.26 bits per heavy atom. The number of aromatic nitrogens is 3. The number of anilines is 1. The van der Waals surface area contributed by atoms with E-state index in [4.69, 9.17) is 17.0 Å². The molecule has 0 saturated carbocycles. The van der Waals surface area contributed by atoms with Crippen LogP contribution < -0.4 is 10.1 Å². The highest BCUT2D eigenvalue weighted by Crippen LogP contribution is 2.26. The Bertz CT molecular complexity index is 1230. The number of benzene rings is 2. The summed E-state index contributed by atoms with van der Waals surface area (Å²) in [5.41, 5.74) is 1.45. The lowest BCUT2D eigenvalue weighted by atomic mass is 10.2. The lowest BCUT2D eigenvalue weighted by Gasteiger charge is -2.16. The predicted molar refractivity (Wildman–Crippen MR) is 121 cm³/mol. The Hall–Kier alpha value is -3.30. The van der Waals surface area contributed by atoms with Crippen LogP contribution in [-0.4, -0.2) is 20.7 Å². The van der Waals surface area contributed by atoms with E-state index < -0.39 is 6.04 Å². The van der Waals surface area contributed by atoms with Gasteiger partial charge in [0.15, 0.2) is 10.6 Å². The summed E-state index contributed by atoms with van der Waals surface area (Å²) in [5, 5.41) is 11.9. The summed E-state index contributed by atoms with van der Waals surface area (Å²) in [6, 6.07) is 16.5. The molecule has 4 aromatic rings. The van der Waals surface area contributed by atoms with Gasteiger partial charge in [0.1, 0.15) is 24.2 Å². The molecule has 31 heavy (non-hydrogen) atoms. The van der Waals surface area contributed by atoms with Gasteiger partial charge in [0.2, 0.25) is 5.91 Å². The van der Waals surface area contributed by atoms with Crippen LogP contribution in [0.5, 0.6) is 5.75 Å². The third kappa shape index (κ3) is 4.89. The Morgan fingerprint density at radius 3 is 2.81 bits per heavy atom. The molecule has 0 fully saturated rings.